The minimum absolute atomic E-state index is 0.217. The minimum atomic E-state index is -0.456. The normalized spacial score (nSPS) is 18.5. The molecule has 7 heteroatoms. The lowest BCUT2D eigenvalue weighted by atomic mass is 9.93. The van der Waals surface area contributed by atoms with Gasteiger partial charge in [-0.2, -0.15) is 0 Å². The number of aromatic nitrogens is 1. The van der Waals surface area contributed by atoms with Crippen molar-refractivity contribution in [1.82, 2.24) is 9.88 Å². The number of pyridine rings is 1. The van der Waals surface area contributed by atoms with Gasteiger partial charge >= 0.3 is 6.09 Å². The van der Waals surface area contributed by atoms with Gasteiger partial charge in [0.05, 0.1) is 9.26 Å². The molecule has 1 saturated carbocycles. The van der Waals surface area contributed by atoms with Crippen LogP contribution in [0.15, 0.2) is 6.07 Å². The van der Waals surface area contributed by atoms with Crippen LogP contribution in [0.3, 0.4) is 0 Å². The average molecular weight is 488 g/mol. The molecule has 0 unspecified atom stereocenters. The average Bonchev–Trinajstić information content (AvgIpc) is 3.44. The van der Waals surface area contributed by atoms with E-state index >= 15 is 0 Å². The predicted molar refractivity (Wildman–Crippen MR) is 111 cm³/mol. The zero-order chi connectivity index (χ0) is 19.6. The molecule has 27 heavy (non-hydrogen) atoms. The van der Waals surface area contributed by atoms with Gasteiger partial charge in [0.15, 0.2) is 12.5 Å². The second-order valence-corrected chi connectivity index (χ2v) is 9.47. The van der Waals surface area contributed by atoms with Gasteiger partial charge in [0, 0.05) is 37.7 Å². The molecule has 0 bridgehead atoms. The number of methoxy groups -OCH3 is 1. The Morgan fingerprint density at radius 2 is 1.89 bits per heavy atom. The van der Waals surface area contributed by atoms with E-state index in [9.17, 15) is 4.79 Å². The molecular formula is C20H29IN2O4. The first-order valence-electron chi connectivity index (χ1n) is 9.58. The van der Waals surface area contributed by atoms with Gasteiger partial charge in [-0.05, 0) is 75.1 Å². The van der Waals surface area contributed by atoms with Gasteiger partial charge in [0.25, 0.3) is 0 Å². The van der Waals surface area contributed by atoms with Gasteiger partial charge in [-0.1, -0.05) is 0 Å². The summed E-state index contributed by atoms with van der Waals surface area (Å²) < 4.78 is 17.4. The maximum absolute atomic E-state index is 12.3. The van der Waals surface area contributed by atoms with Gasteiger partial charge in [0.2, 0.25) is 0 Å². The van der Waals surface area contributed by atoms with Crippen LogP contribution in [-0.4, -0.2) is 48.6 Å². The van der Waals surface area contributed by atoms with E-state index < -0.39 is 5.60 Å². The summed E-state index contributed by atoms with van der Waals surface area (Å²) in [5.74, 6) is 1.74. The Labute approximate surface area is 175 Å². The molecule has 2 fully saturated rings. The standard InChI is InChI=1S/C20H29IN2O4/c1-20(2,3)27-19(24)23-9-7-13(8-10-23)16-11-15(21)18(26-12-25-4)17(22-16)14-5-6-14/h11,13-14H,5-10,12H2,1-4H3. The van der Waals surface area contributed by atoms with Crippen molar-refractivity contribution < 1.29 is 19.0 Å². The van der Waals surface area contributed by atoms with Crippen LogP contribution in [0.5, 0.6) is 5.75 Å². The van der Waals surface area contributed by atoms with Crippen molar-refractivity contribution >= 4 is 28.7 Å². The Balaban J connectivity index is 1.68. The number of carbonyl (C=O) groups is 1. The first kappa shape index (κ1) is 20.6. The number of likely N-dealkylation sites (tertiary alicyclic amines) is 1. The van der Waals surface area contributed by atoms with Gasteiger partial charge in [0.1, 0.15) is 5.60 Å². The molecule has 2 heterocycles. The van der Waals surface area contributed by atoms with E-state index in [1.807, 2.05) is 25.7 Å². The molecule has 150 valence electrons. The Bertz CT molecular complexity index is 677. The smallest absolute Gasteiger partial charge is 0.410 e. The summed E-state index contributed by atoms with van der Waals surface area (Å²) in [5, 5.41) is 0. The number of amides is 1. The first-order valence-corrected chi connectivity index (χ1v) is 10.7. The van der Waals surface area contributed by atoms with Crippen molar-refractivity contribution in [1.29, 1.82) is 0 Å². The topological polar surface area (TPSA) is 60.9 Å². The van der Waals surface area contributed by atoms with Crippen molar-refractivity contribution in [2.75, 3.05) is 27.0 Å². The predicted octanol–water partition coefficient (Wildman–Crippen LogP) is 4.66. The van der Waals surface area contributed by atoms with Crippen LogP contribution in [-0.2, 0) is 9.47 Å². The van der Waals surface area contributed by atoms with Crippen molar-refractivity contribution in [3.05, 3.63) is 21.0 Å². The van der Waals surface area contributed by atoms with Crippen LogP contribution in [0.4, 0.5) is 4.79 Å². The van der Waals surface area contributed by atoms with Gasteiger partial charge in [-0.3, -0.25) is 4.98 Å². The lowest BCUT2D eigenvalue weighted by molar-refractivity contribution is 0.0204. The fourth-order valence-corrected chi connectivity index (χ4v) is 4.08. The summed E-state index contributed by atoms with van der Waals surface area (Å²) in [4.78, 5) is 19.1. The number of rotatable bonds is 5. The lowest BCUT2D eigenvalue weighted by Crippen LogP contribution is -2.41. The van der Waals surface area contributed by atoms with Crippen LogP contribution in [0, 0.1) is 3.57 Å². The second-order valence-electron chi connectivity index (χ2n) is 8.31. The largest absolute Gasteiger partial charge is 0.465 e. The fourth-order valence-electron chi connectivity index (χ4n) is 3.33. The first-order chi connectivity index (χ1) is 12.8. The number of halogens is 1. The molecule has 2 aliphatic rings. The summed E-state index contributed by atoms with van der Waals surface area (Å²) >= 11 is 2.33. The molecule has 1 saturated heterocycles. The van der Waals surface area contributed by atoms with Gasteiger partial charge in [-0.15, -0.1) is 0 Å². The summed E-state index contributed by atoms with van der Waals surface area (Å²) in [6, 6.07) is 2.13. The molecule has 0 atom stereocenters. The highest BCUT2D eigenvalue weighted by molar-refractivity contribution is 14.1. The summed E-state index contributed by atoms with van der Waals surface area (Å²) in [6.45, 7) is 7.35. The molecule has 0 radical (unpaired) electrons. The molecular weight excluding hydrogens is 459 g/mol. The van der Waals surface area contributed by atoms with Crippen LogP contribution in [0.1, 0.15) is 69.7 Å². The van der Waals surface area contributed by atoms with Crippen molar-refractivity contribution in [3.63, 3.8) is 0 Å². The number of hydrogen-bond donors (Lipinski definition) is 0. The highest BCUT2D eigenvalue weighted by Crippen LogP contribution is 2.45. The van der Waals surface area contributed by atoms with E-state index in [0.717, 1.165) is 33.5 Å². The van der Waals surface area contributed by atoms with E-state index in [2.05, 4.69) is 28.7 Å². The third kappa shape index (κ3) is 5.47. The van der Waals surface area contributed by atoms with Crippen LogP contribution >= 0.6 is 22.6 Å². The van der Waals surface area contributed by atoms with E-state index in [1.165, 1.54) is 12.8 Å². The van der Waals surface area contributed by atoms with E-state index in [1.54, 1.807) is 7.11 Å². The number of nitrogens with zero attached hydrogens (tertiary/aromatic N) is 2. The second kappa shape index (κ2) is 8.51. The molecule has 1 aliphatic heterocycles. The third-order valence-electron chi connectivity index (χ3n) is 4.82. The lowest BCUT2D eigenvalue weighted by Gasteiger charge is -2.33. The van der Waals surface area contributed by atoms with Crippen molar-refractivity contribution in [2.45, 2.75) is 63.9 Å². The Morgan fingerprint density at radius 3 is 2.44 bits per heavy atom. The Kier molecular flexibility index (Phi) is 6.50. The maximum atomic E-state index is 12.3. The minimum Gasteiger partial charge on any atom is -0.465 e. The zero-order valence-electron chi connectivity index (χ0n) is 16.6. The van der Waals surface area contributed by atoms with Crippen molar-refractivity contribution in [2.24, 2.45) is 0 Å². The SMILES string of the molecule is COCOc1c(I)cc(C2CCN(C(=O)OC(C)(C)C)CC2)nc1C1CC1. The van der Waals surface area contributed by atoms with E-state index in [0.29, 0.717) is 24.9 Å². The Hall–Kier alpha value is -1.09. The summed E-state index contributed by atoms with van der Waals surface area (Å²) in [7, 11) is 1.63. The van der Waals surface area contributed by atoms with E-state index in [-0.39, 0.29) is 12.9 Å². The zero-order valence-corrected chi connectivity index (χ0v) is 18.7. The number of carbonyl (C=O) groups excluding carboxylic acids is 1. The quantitative estimate of drug-likeness (QED) is 0.446. The summed E-state index contributed by atoms with van der Waals surface area (Å²) in [6.07, 6.45) is 3.94. The molecule has 1 aromatic rings. The third-order valence-corrected chi connectivity index (χ3v) is 5.63. The number of ether oxygens (including phenoxy) is 3. The van der Waals surface area contributed by atoms with Crippen LogP contribution < -0.4 is 4.74 Å². The van der Waals surface area contributed by atoms with Gasteiger partial charge in [-0.25, -0.2) is 4.79 Å². The highest BCUT2D eigenvalue weighted by Gasteiger charge is 2.33. The molecule has 1 amide bonds. The molecule has 0 aromatic carbocycles. The monoisotopic (exact) mass is 488 g/mol. The molecule has 1 aromatic heterocycles. The molecule has 6 nitrogen and oxygen atoms in total. The maximum Gasteiger partial charge on any atom is 0.410 e. The van der Waals surface area contributed by atoms with E-state index in [4.69, 9.17) is 19.2 Å². The summed E-state index contributed by atoms with van der Waals surface area (Å²) in [5.41, 5.74) is 1.74. The molecule has 3 rings (SSSR count). The van der Waals surface area contributed by atoms with Crippen molar-refractivity contribution in [3.8, 4) is 5.75 Å². The number of piperidine rings is 1. The molecule has 0 N–H and O–H groups in total. The van der Waals surface area contributed by atoms with Crippen LogP contribution in [0.25, 0.3) is 0 Å². The number of hydrogen-bond acceptors (Lipinski definition) is 5. The Morgan fingerprint density at radius 1 is 1.22 bits per heavy atom. The highest BCUT2D eigenvalue weighted by atomic mass is 127. The fraction of sp³-hybridized carbons (Fsp3) is 0.700. The van der Waals surface area contributed by atoms with Gasteiger partial charge < -0.3 is 19.1 Å². The van der Waals surface area contributed by atoms with Crippen LogP contribution in [0.2, 0.25) is 0 Å². The molecule has 1 aliphatic carbocycles. The molecule has 0 spiro atoms.